The monoisotopic (exact) mass is 258 g/mol. The van der Waals surface area contributed by atoms with Crippen LogP contribution in [0.25, 0.3) is 0 Å². The van der Waals surface area contributed by atoms with Crippen LogP contribution in [0, 0.1) is 17.2 Å². The van der Waals surface area contributed by atoms with E-state index in [-0.39, 0.29) is 0 Å². The molecular formula is C15H22N4. The van der Waals surface area contributed by atoms with Gasteiger partial charge in [-0.25, -0.2) is 0 Å². The summed E-state index contributed by atoms with van der Waals surface area (Å²) < 4.78 is 0. The van der Waals surface area contributed by atoms with E-state index in [1.807, 2.05) is 7.05 Å². The van der Waals surface area contributed by atoms with Gasteiger partial charge in [-0.3, -0.25) is 0 Å². The standard InChI is InChI=1S/C15H22N4/c1-5-12-13(9-16)15(18-17-14(12)6-2)19(4)10(3)11-7-8-11/h10-11H,5-8H2,1-4H3. The van der Waals surface area contributed by atoms with Gasteiger partial charge in [0.05, 0.1) is 5.69 Å². The lowest BCUT2D eigenvalue weighted by Crippen LogP contribution is -2.32. The maximum Gasteiger partial charge on any atom is 0.169 e. The second kappa shape index (κ2) is 5.56. The summed E-state index contributed by atoms with van der Waals surface area (Å²) >= 11 is 0. The van der Waals surface area contributed by atoms with Gasteiger partial charge in [0.25, 0.3) is 0 Å². The van der Waals surface area contributed by atoms with Crippen LogP contribution in [0.3, 0.4) is 0 Å². The zero-order chi connectivity index (χ0) is 14.0. The number of rotatable bonds is 5. The maximum atomic E-state index is 9.49. The quantitative estimate of drug-likeness (QED) is 0.815. The number of nitriles is 1. The van der Waals surface area contributed by atoms with Crippen LogP contribution in [0.4, 0.5) is 5.82 Å². The van der Waals surface area contributed by atoms with E-state index in [9.17, 15) is 5.26 Å². The minimum Gasteiger partial charge on any atom is -0.354 e. The third kappa shape index (κ3) is 2.56. The number of nitrogens with zero attached hydrogens (tertiary/aromatic N) is 4. The summed E-state index contributed by atoms with van der Waals surface area (Å²) in [6.45, 7) is 6.34. The second-order valence-electron chi connectivity index (χ2n) is 5.33. The lowest BCUT2D eigenvalue weighted by atomic mass is 10.0. The number of aromatic nitrogens is 2. The first kappa shape index (κ1) is 13.8. The first-order valence-electron chi connectivity index (χ1n) is 7.15. The molecule has 4 heteroatoms. The first-order chi connectivity index (χ1) is 9.13. The Morgan fingerprint density at radius 1 is 1.32 bits per heavy atom. The molecule has 1 aromatic rings. The van der Waals surface area contributed by atoms with Crippen LogP contribution in [0.5, 0.6) is 0 Å². The van der Waals surface area contributed by atoms with Gasteiger partial charge < -0.3 is 4.90 Å². The van der Waals surface area contributed by atoms with E-state index in [2.05, 4.69) is 41.9 Å². The third-order valence-electron chi connectivity index (χ3n) is 4.19. The molecule has 102 valence electrons. The van der Waals surface area contributed by atoms with Crippen LogP contribution < -0.4 is 4.90 Å². The van der Waals surface area contributed by atoms with Crippen LogP contribution in [0.15, 0.2) is 0 Å². The molecule has 1 atom stereocenters. The van der Waals surface area contributed by atoms with Crippen molar-refractivity contribution < 1.29 is 0 Å². The van der Waals surface area contributed by atoms with Crippen molar-refractivity contribution in [3.63, 3.8) is 0 Å². The van der Waals surface area contributed by atoms with Crippen molar-refractivity contribution in [3.8, 4) is 6.07 Å². The fourth-order valence-corrected chi connectivity index (χ4v) is 2.61. The molecular weight excluding hydrogens is 236 g/mol. The Bertz CT molecular complexity index is 500. The fourth-order valence-electron chi connectivity index (χ4n) is 2.61. The van der Waals surface area contributed by atoms with Crippen LogP contribution in [-0.2, 0) is 12.8 Å². The van der Waals surface area contributed by atoms with Crippen molar-refractivity contribution >= 4 is 5.82 Å². The molecule has 1 saturated carbocycles. The topological polar surface area (TPSA) is 52.8 Å². The number of anilines is 1. The van der Waals surface area contributed by atoms with Crippen molar-refractivity contribution in [2.75, 3.05) is 11.9 Å². The molecule has 0 bridgehead atoms. The summed E-state index contributed by atoms with van der Waals surface area (Å²) in [5.74, 6) is 1.49. The largest absolute Gasteiger partial charge is 0.354 e. The van der Waals surface area contributed by atoms with E-state index < -0.39 is 0 Å². The molecule has 19 heavy (non-hydrogen) atoms. The van der Waals surface area contributed by atoms with Gasteiger partial charge in [-0.15, -0.1) is 5.10 Å². The van der Waals surface area contributed by atoms with Crippen LogP contribution in [-0.4, -0.2) is 23.3 Å². The summed E-state index contributed by atoms with van der Waals surface area (Å²) in [6, 6.07) is 2.77. The Morgan fingerprint density at radius 2 is 2.00 bits per heavy atom. The summed E-state index contributed by atoms with van der Waals surface area (Å²) in [5.41, 5.74) is 2.73. The molecule has 2 rings (SSSR count). The van der Waals surface area contributed by atoms with E-state index in [0.29, 0.717) is 11.6 Å². The molecule has 0 radical (unpaired) electrons. The second-order valence-corrected chi connectivity index (χ2v) is 5.33. The summed E-state index contributed by atoms with van der Waals surface area (Å²) in [7, 11) is 2.03. The molecule has 1 aliphatic rings. The average Bonchev–Trinajstić information content (AvgIpc) is 3.28. The number of hydrogen-bond acceptors (Lipinski definition) is 4. The first-order valence-corrected chi connectivity index (χ1v) is 7.15. The molecule has 0 amide bonds. The van der Waals surface area contributed by atoms with Crippen molar-refractivity contribution in [1.29, 1.82) is 5.26 Å². The predicted molar refractivity (Wildman–Crippen MR) is 76.1 cm³/mol. The van der Waals surface area contributed by atoms with E-state index in [1.165, 1.54) is 12.8 Å². The van der Waals surface area contributed by atoms with Gasteiger partial charge in [-0.1, -0.05) is 13.8 Å². The van der Waals surface area contributed by atoms with Gasteiger partial charge >= 0.3 is 0 Å². The molecule has 1 fully saturated rings. The predicted octanol–water partition coefficient (Wildman–Crippen LogP) is 2.71. The van der Waals surface area contributed by atoms with Crippen LogP contribution >= 0.6 is 0 Å². The highest BCUT2D eigenvalue weighted by Gasteiger charge is 2.32. The van der Waals surface area contributed by atoms with Gasteiger partial charge in [0.15, 0.2) is 5.82 Å². The molecule has 0 aliphatic heterocycles. The van der Waals surface area contributed by atoms with Crippen molar-refractivity contribution in [1.82, 2.24) is 10.2 Å². The van der Waals surface area contributed by atoms with Crippen LogP contribution in [0.2, 0.25) is 0 Å². The lowest BCUT2D eigenvalue weighted by molar-refractivity contribution is 0.599. The van der Waals surface area contributed by atoms with Gasteiger partial charge in [0, 0.05) is 13.1 Å². The highest BCUT2D eigenvalue weighted by Crippen LogP contribution is 2.36. The third-order valence-corrected chi connectivity index (χ3v) is 4.19. The molecule has 0 aromatic carbocycles. The Hall–Kier alpha value is -1.63. The maximum absolute atomic E-state index is 9.49. The Balaban J connectivity index is 2.42. The van der Waals surface area contributed by atoms with E-state index in [4.69, 9.17) is 0 Å². The smallest absolute Gasteiger partial charge is 0.169 e. The van der Waals surface area contributed by atoms with Gasteiger partial charge in [-0.2, -0.15) is 10.4 Å². The fraction of sp³-hybridized carbons (Fsp3) is 0.667. The molecule has 0 N–H and O–H groups in total. The zero-order valence-corrected chi connectivity index (χ0v) is 12.3. The molecule has 0 spiro atoms. The molecule has 4 nitrogen and oxygen atoms in total. The van der Waals surface area contributed by atoms with Gasteiger partial charge in [0.2, 0.25) is 0 Å². The van der Waals surface area contributed by atoms with Gasteiger partial charge in [0.1, 0.15) is 11.6 Å². The normalized spacial score (nSPS) is 15.9. The minimum atomic E-state index is 0.429. The zero-order valence-electron chi connectivity index (χ0n) is 12.3. The summed E-state index contributed by atoms with van der Waals surface area (Å²) in [4.78, 5) is 2.13. The SMILES string of the molecule is CCc1nnc(N(C)C(C)C2CC2)c(C#N)c1CC. The molecule has 0 saturated heterocycles. The molecule has 1 aromatic heterocycles. The highest BCUT2D eigenvalue weighted by atomic mass is 15.3. The lowest BCUT2D eigenvalue weighted by Gasteiger charge is -2.27. The Morgan fingerprint density at radius 3 is 2.47 bits per heavy atom. The summed E-state index contributed by atoms with van der Waals surface area (Å²) in [5, 5.41) is 18.1. The van der Waals surface area contributed by atoms with E-state index >= 15 is 0 Å². The highest BCUT2D eigenvalue weighted by molar-refractivity contribution is 5.58. The number of aryl methyl sites for hydroxylation is 1. The summed E-state index contributed by atoms with van der Waals surface area (Å²) in [6.07, 6.45) is 4.23. The Kier molecular flexibility index (Phi) is 4.04. The number of hydrogen-bond donors (Lipinski definition) is 0. The Labute approximate surface area is 115 Å². The van der Waals surface area contributed by atoms with E-state index in [1.54, 1.807) is 0 Å². The van der Waals surface area contributed by atoms with Crippen molar-refractivity contribution in [2.24, 2.45) is 5.92 Å². The molecule has 1 aliphatic carbocycles. The minimum absolute atomic E-state index is 0.429. The van der Waals surface area contributed by atoms with Crippen LogP contribution in [0.1, 0.15) is 50.4 Å². The molecule has 1 unspecified atom stereocenters. The van der Waals surface area contributed by atoms with Gasteiger partial charge in [-0.05, 0) is 44.1 Å². The van der Waals surface area contributed by atoms with E-state index in [0.717, 1.165) is 35.8 Å². The van der Waals surface area contributed by atoms with Crippen molar-refractivity contribution in [3.05, 3.63) is 16.8 Å². The van der Waals surface area contributed by atoms with Crippen molar-refractivity contribution in [2.45, 2.75) is 52.5 Å². The molecule has 1 heterocycles. The average molecular weight is 258 g/mol.